The van der Waals surface area contributed by atoms with Gasteiger partial charge in [-0.25, -0.2) is 4.79 Å². The van der Waals surface area contributed by atoms with Gasteiger partial charge in [-0.3, -0.25) is 10.1 Å². The lowest BCUT2D eigenvalue weighted by molar-refractivity contribution is -0.384. The van der Waals surface area contributed by atoms with E-state index in [1.54, 1.807) is 0 Å². The molecule has 0 saturated carbocycles. The van der Waals surface area contributed by atoms with Gasteiger partial charge in [-0.1, -0.05) is 23.2 Å². The topological polar surface area (TPSA) is 80.4 Å². The van der Waals surface area contributed by atoms with Gasteiger partial charge in [-0.2, -0.15) is 0 Å². The second kappa shape index (κ2) is 4.96. The highest BCUT2D eigenvalue weighted by atomic mass is 35.5. The van der Waals surface area contributed by atoms with Crippen LogP contribution in [0.3, 0.4) is 0 Å². The highest BCUT2D eigenvalue weighted by molar-refractivity contribution is 6.37. The van der Waals surface area contributed by atoms with Crippen molar-refractivity contribution in [3.8, 4) is 0 Å². The predicted molar refractivity (Wildman–Crippen MR) is 59.8 cm³/mol. The Kier molecular flexibility index (Phi) is 3.87. The molecule has 0 heterocycles. The summed E-state index contributed by atoms with van der Waals surface area (Å²) in [5.74, 6) is -1.16. The SMILES string of the molecule is O=C(O)/C=C/c1c(Cl)cc([N+](=O)[O-])cc1Cl. The van der Waals surface area contributed by atoms with E-state index in [4.69, 9.17) is 28.3 Å². The first-order valence-corrected chi connectivity index (χ1v) is 4.72. The Labute approximate surface area is 100 Å². The summed E-state index contributed by atoms with van der Waals surface area (Å²) >= 11 is 11.5. The van der Waals surface area contributed by atoms with Gasteiger partial charge in [0.1, 0.15) is 0 Å². The predicted octanol–water partition coefficient (Wildman–Crippen LogP) is 3.00. The van der Waals surface area contributed by atoms with Crippen molar-refractivity contribution in [1.29, 1.82) is 0 Å². The van der Waals surface area contributed by atoms with E-state index in [1.807, 2.05) is 0 Å². The fourth-order valence-electron chi connectivity index (χ4n) is 0.990. The van der Waals surface area contributed by atoms with E-state index in [9.17, 15) is 14.9 Å². The zero-order chi connectivity index (χ0) is 12.3. The van der Waals surface area contributed by atoms with Crippen molar-refractivity contribution in [3.05, 3.63) is 43.9 Å². The van der Waals surface area contributed by atoms with Crippen molar-refractivity contribution in [2.24, 2.45) is 0 Å². The molecule has 0 aromatic heterocycles. The molecule has 0 bridgehead atoms. The minimum Gasteiger partial charge on any atom is -0.478 e. The molecule has 0 aliphatic rings. The number of rotatable bonds is 3. The van der Waals surface area contributed by atoms with Gasteiger partial charge >= 0.3 is 5.97 Å². The average molecular weight is 262 g/mol. The van der Waals surface area contributed by atoms with Crippen LogP contribution in [0, 0.1) is 10.1 Å². The molecule has 0 aliphatic heterocycles. The summed E-state index contributed by atoms with van der Waals surface area (Å²) in [5, 5.41) is 18.9. The van der Waals surface area contributed by atoms with E-state index in [0.29, 0.717) is 0 Å². The summed E-state index contributed by atoms with van der Waals surface area (Å²) in [7, 11) is 0. The maximum absolute atomic E-state index is 10.5. The molecule has 7 heteroatoms. The van der Waals surface area contributed by atoms with Crippen LogP contribution in [0.2, 0.25) is 10.0 Å². The Bertz CT molecular complexity index is 461. The number of carbonyl (C=O) groups is 1. The number of hydrogen-bond acceptors (Lipinski definition) is 3. The lowest BCUT2D eigenvalue weighted by atomic mass is 10.2. The number of nitro groups is 1. The van der Waals surface area contributed by atoms with Gasteiger partial charge in [0.05, 0.1) is 15.0 Å². The van der Waals surface area contributed by atoms with Crippen LogP contribution < -0.4 is 0 Å². The Hall–Kier alpha value is -1.59. The quantitative estimate of drug-likeness (QED) is 0.515. The number of carboxylic acids is 1. The van der Waals surface area contributed by atoms with E-state index in [-0.39, 0.29) is 21.3 Å². The summed E-state index contributed by atoms with van der Waals surface area (Å²) in [5.41, 5.74) is -0.0150. The molecule has 16 heavy (non-hydrogen) atoms. The van der Waals surface area contributed by atoms with Crippen LogP contribution in [0.4, 0.5) is 5.69 Å². The molecule has 1 aromatic carbocycles. The number of halogens is 2. The maximum atomic E-state index is 10.5. The van der Waals surface area contributed by atoms with Crippen LogP contribution in [0.5, 0.6) is 0 Å². The molecule has 0 unspecified atom stereocenters. The van der Waals surface area contributed by atoms with E-state index in [2.05, 4.69) is 0 Å². The van der Waals surface area contributed by atoms with Gasteiger partial charge in [0.25, 0.3) is 5.69 Å². The summed E-state index contributed by atoms with van der Waals surface area (Å²) < 4.78 is 0. The summed E-state index contributed by atoms with van der Waals surface area (Å²) in [6.07, 6.45) is 2.02. The molecule has 0 aliphatic carbocycles. The fraction of sp³-hybridized carbons (Fsp3) is 0. The van der Waals surface area contributed by atoms with Crippen LogP contribution in [-0.4, -0.2) is 16.0 Å². The molecule has 1 aromatic rings. The standard InChI is InChI=1S/C9H5Cl2NO4/c10-7-3-5(12(15)16)4-8(11)6(7)1-2-9(13)14/h1-4H,(H,13,14)/b2-1+. The highest BCUT2D eigenvalue weighted by Crippen LogP contribution is 2.30. The number of carboxylic acid groups (broad SMARTS) is 1. The zero-order valence-corrected chi connectivity index (χ0v) is 9.20. The number of nitro benzene ring substituents is 1. The first-order valence-electron chi connectivity index (χ1n) is 3.96. The Balaban J connectivity index is 3.22. The van der Waals surface area contributed by atoms with Crippen LogP contribution in [0.15, 0.2) is 18.2 Å². The third-order valence-electron chi connectivity index (χ3n) is 1.67. The molecular formula is C9H5Cl2NO4. The molecule has 0 saturated heterocycles. The zero-order valence-electron chi connectivity index (χ0n) is 7.68. The number of aliphatic carboxylic acids is 1. The van der Waals surface area contributed by atoms with Gasteiger partial charge in [0.2, 0.25) is 0 Å². The van der Waals surface area contributed by atoms with E-state index in [1.165, 1.54) is 6.08 Å². The summed E-state index contributed by atoms with van der Waals surface area (Å²) in [4.78, 5) is 20.1. The van der Waals surface area contributed by atoms with Gasteiger partial charge in [-0.05, 0) is 6.08 Å². The lowest BCUT2D eigenvalue weighted by Crippen LogP contribution is -1.90. The maximum Gasteiger partial charge on any atom is 0.328 e. The molecule has 0 atom stereocenters. The Morgan fingerprint density at radius 1 is 1.38 bits per heavy atom. The molecule has 0 spiro atoms. The molecule has 1 N–H and O–H groups in total. The summed E-state index contributed by atoms with van der Waals surface area (Å²) in [6, 6.07) is 2.21. The molecule has 0 radical (unpaired) electrons. The third kappa shape index (κ3) is 2.95. The van der Waals surface area contributed by atoms with Crippen LogP contribution in [0.1, 0.15) is 5.56 Å². The first-order chi connectivity index (χ1) is 7.41. The van der Waals surface area contributed by atoms with Crippen molar-refractivity contribution < 1.29 is 14.8 Å². The number of nitrogens with zero attached hydrogens (tertiary/aromatic N) is 1. The minimum absolute atomic E-state index is 0.0247. The van der Waals surface area contributed by atoms with Crippen molar-refractivity contribution in [2.75, 3.05) is 0 Å². The van der Waals surface area contributed by atoms with Gasteiger partial charge in [0, 0.05) is 23.8 Å². The fourth-order valence-corrected chi connectivity index (χ4v) is 1.59. The average Bonchev–Trinajstić information content (AvgIpc) is 2.15. The molecule has 84 valence electrons. The van der Waals surface area contributed by atoms with E-state index in [0.717, 1.165) is 18.2 Å². The molecule has 5 nitrogen and oxygen atoms in total. The second-order valence-electron chi connectivity index (χ2n) is 2.75. The largest absolute Gasteiger partial charge is 0.478 e. The molecule has 0 amide bonds. The smallest absolute Gasteiger partial charge is 0.328 e. The van der Waals surface area contributed by atoms with Gasteiger partial charge < -0.3 is 5.11 Å². The van der Waals surface area contributed by atoms with Crippen molar-refractivity contribution in [2.45, 2.75) is 0 Å². The molecule has 1 rings (SSSR count). The second-order valence-corrected chi connectivity index (χ2v) is 3.57. The number of benzene rings is 1. The minimum atomic E-state index is -1.16. The monoisotopic (exact) mass is 261 g/mol. The summed E-state index contributed by atoms with van der Waals surface area (Å²) in [6.45, 7) is 0. The van der Waals surface area contributed by atoms with Crippen LogP contribution in [0.25, 0.3) is 6.08 Å². The van der Waals surface area contributed by atoms with Crippen molar-refractivity contribution in [3.63, 3.8) is 0 Å². The normalized spacial score (nSPS) is 10.6. The van der Waals surface area contributed by atoms with Crippen molar-refractivity contribution in [1.82, 2.24) is 0 Å². The van der Waals surface area contributed by atoms with Crippen molar-refractivity contribution >= 4 is 40.9 Å². The lowest BCUT2D eigenvalue weighted by Gasteiger charge is -2.01. The van der Waals surface area contributed by atoms with Gasteiger partial charge in [-0.15, -0.1) is 0 Å². The van der Waals surface area contributed by atoms with E-state index >= 15 is 0 Å². The number of non-ortho nitro benzene ring substituents is 1. The van der Waals surface area contributed by atoms with E-state index < -0.39 is 10.9 Å². The Morgan fingerprint density at radius 3 is 2.25 bits per heavy atom. The Morgan fingerprint density at radius 2 is 1.88 bits per heavy atom. The van der Waals surface area contributed by atoms with Crippen LogP contribution >= 0.6 is 23.2 Å². The molecule has 0 fully saturated rings. The molecular weight excluding hydrogens is 257 g/mol. The third-order valence-corrected chi connectivity index (χ3v) is 2.29. The highest BCUT2D eigenvalue weighted by Gasteiger charge is 2.12. The number of hydrogen-bond donors (Lipinski definition) is 1. The van der Waals surface area contributed by atoms with Crippen LogP contribution in [-0.2, 0) is 4.79 Å². The first kappa shape index (κ1) is 12.5. The van der Waals surface area contributed by atoms with Gasteiger partial charge in [0.15, 0.2) is 0 Å².